The summed E-state index contributed by atoms with van der Waals surface area (Å²) < 4.78 is 11.7. The van der Waals surface area contributed by atoms with E-state index in [4.69, 9.17) is 8.83 Å². The fourth-order valence-electron chi connectivity index (χ4n) is 3.78. The van der Waals surface area contributed by atoms with Crippen LogP contribution in [-0.2, 0) is 6.42 Å². The van der Waals surface area contributed by atoms with Crippen molar-refractivity contribution in [3.8, 4) is 0 Å². The lowest BCUT2D eigenvalue weighted by molar-refractivity contribution is 0.0637. The number of H-pyrrole nitrogens is 1. The predicted molar refractivity (Wildman–Crippen MR) is 97.4 cm³/mol. The van der Waals surface area contributed by atoms with Crippen molar-refractivity contribution in [1.82, 2.24) is 19.9 Å². The number of nitrogens with zero attached hydrogens (tertiary/aromatic N) is 3. The first-order chi connectivity index (χ1) is 13.1. The van der Waals surface area contributed by atoms with Crippen LogP contribution in [0, 0.1) is 13.8 Å². The minimum atomic E-state index is -0.412. The summed E-state index contributed by atoms with van der Waals surface area (Å²) in [5, 5.41) is 0.995. The maximum absolute atomic E-state index is 13.3. The lowest BCUT2D eigenvalue weighted by Gasteiger charge is -2.33. The molecule has 7 heteroatoms. The number of rotatable bonds is 2. The number of amides is 1. The van der Waals surface area contributed by atoms with Gasteiger partial charge >= 0.3 is 0 Å². The van der Waals surface area contributed by atoms with Gasteiger partial charge in [-0.05, 0) is 19.1 Å². The highest BCUT2D eigenvalue weighted by molar-refractivity contribution is 5.93. The van der Waals surface area contributed by atoms with Crippen LogP contribution in [0.25, 0.3) is 11.0 Å². The van der Waals surface area contributed by atoms with E-state index in [9.17, 15) is 4.79 Å². The van der Waals surface area contributed by atoms with Crippen LogP contribution < -0.4 is 0 Å². The Morgan fingerprint density at radius 2 is 2.11 bits per heavy atom. The monoisotopic (exact) mass is 362 g/mol. The van der Waals surface area contributed by atoms with Crippen LogP contribution in [0.4, 0.5) is 0 Å². The topological polar surface area (TPSA) is 88.2 Å². The van der Waals surface area contributed by atoms with Crippen LogP contribution in [-0.4, -0.2) is 32.3 Å². The Bertz CT molecular complexity index is 1120. The molecule has 27 heavy (non-hydrogen) atoms. The Hall–Kier alpha value is -3.35. The average Bonchev–Trinajstić information content (AvgIpc) is 3.37. The minimum Gasteiger partial charge on any atom is -0.458 e. The molecule has 1 aromatic carbocycles. The van der Waals surface area contributed by atoms with Crippen molar-refractivity contribution in [2.45, 2.75) is 26.3 Å². The van der Waals surface area contributed by atoms with Gasteiger partial charge in [-0.1, -0.05) is 18.2 Å². The largest absolute Gasteiger partial charge is 0.458 e. The lowest BCUT2D eigenvalue weighted by Crippen LogP contribution is -2.40. The zero-order chi connectivity index (χ0) is 18.5. The molecule has 0 radical (unpaired) electrons. The van der Waals surface area contributed by atoms with E-state index in [2.05, 4.69) is 15.0 Å². The molecule has 0 saturated carbocycles. The van der Waals surface area contributed by atoms with Gasteiger partial charge in [-0.25, -0.2) is 9.97 Å². The molecule has 136 valence electrons. The summed E-state index contributed by atoms with van der Waals surface area (Å²) in [4.78, 5) is 26.9. The van der Waals surface area contributed by atoms with Crippen molar-refractivity contribution in [2.24, 2.45) is 0 Å². The zero-order valence-corrected chi connectivity index (χ0v) is 15.0. The van der Waals surface area contributed by atoms with E-state index in [1.165, 1.54) is 0 Å². The van der Waals surface area contributed by atoms with Gasteiger partial charge in [0.25, 0.3) is 5.91 Å². The van der Waals surface area contributed by atoms with Gasteiger partial charge in [0.2, 0.25) is 5.76 Å². The highest BCUT2D eigenvalue weighted by Gasteiger charge is 2.38. The first-order valence-electron chi connectivity index (χ1n) is 8.87. The van der Waals surface area contributed by atoms with Gasteiger partial charge in [-0.15, -0.1) is 0 Å². The second-order valence-electron chi connectivity index (χ2n) is 6.75. The lowest BCUT2D eigenvalue weighted by atomic mass is 9.99. The van der Waals surface area contributed by atoms with Gasteiger partial charge < -0.3 is 18.7 Å². The number of aromatic amines is 1. The van der Waals surface area contributed by atoms with Crippen molar-refractivity contribution in [3.63, 3.8) is 0 Å². The summed E-state index contributed by atoms with van der Waals surface area (Å²) in [6, 6.07) is 9.37. The Morgan fingerprint density at radius 3 is 2.89 bits per heavy atom. The Kier molecular flexibility index (Phi) is 3.43. The van der Waals surface area contributed by atoms with E-state index < -0.39 is 6.04 Å². The van der Waals surface area contributed by atoms with Crippen LogP contribution in [0.3, 0.4) is 0 Å². The van der Waals surface area contributed by atoms with Gasteiger partial charge in [-0.2, -0.15) is 0 Å². The summed E-state index contributed by atoms with van der Waals surface area (Å²) in [6.45, 7) is 4.06. The molecule has 1 atom stereocenters. The molecule has 1 amide bonds. The molecule has 0 fully saturated rings. The van der Waals surface area contributed by atoms with Crippen LogP contribution in [0.2, 0.25) is 0 Å². The average molecular weight is 362 g/mol. The molecular formula is C20H18N4O3. The SMILES string of the molecule is Cc1nc(C)c(C(=O)N2CCc3[nH]cnc3[C@H]2c2cc3ccccc3o2)o1. The second kappa shape index (κ2) is 5.84. The van der Waals surface area contributed by atoms with Crippen molar-refractivity contribution in [3.05, 3.63) is 71.2 Å². The smallest absolute Gasteiger partial charge is 0.292 e. The summed E-state index contributed by atoms with van der Waals surface area (Å²) in [5.41, 5.74) is 3.21. The zero-order valence-electron chi connectivity index (χ0n) is 15.0. The molecule has 1 N–H and O–H groups in total. The molecule has 1 aliphatic heterocycles. The van der Waals surface area contributed by atoms with Crippen molar-refractivity contribution in [2.75, 3.05) is 6.54 Å². The molecular weight excluding hydrogens is 344 g/mol. The van der Waals surface area contributed by atoms with E-state index in [0.29, 0.717) is 30.3 Å². The number of furan rings is 1. The molecule has 5 rings (SSSR count). The van der Waals surface area contributed by atoms with Gasteiger partial charge in [0, 0.05) is 31.0 Å². The molecule has 4 heterocycles. The van der Waals surface area contributed by atoms with E-state index in [0.717, 1.165) is 22.4 Å². The third-order valence-electron chi connectivity index (χ3n) is 5.00. The van der Waals surface area contributed by atoms with Crippen LogP contribution in [0.1, 0.15) is 45.3 Å². The Morgan fingerprint density at radius 1 is 1.26 bits per heavy atom. The van der Waals surface area contributed by atoms with Gasteiger partial charge in [0.15, 0.2) is 5.89 Å². The highest BCUT2D eigenvalue weighted by Crippen LogP contribution is 2.37. The normalized spacial score (nSPS) is 16.7. The molecule has 1 aliphatic rings. The number of aryl methyl sites for hydroxylation is 2. The number of hydrogen-bond acceptors (Lipinski definition) is 5. The minimum absolute atomic E-state index is 0.202. The number of aromatic nitrogens is 3. The first kappa shape index (κ1) is 15.9. The standard InChI is InChI=1S/C20H18N4O3/c1-11-19(26-12(2)23-11)20(25)24-8-7-14-17(22-10-21-14)18(24)16-9-13-5-3-4-6-15(13)27-16/h3-6,9-10,18H,7-8H2,1-2H3,(H,21,22)/t18-/m1/s1. The highest BCUT2D eigenvalue weighted by atomic mass is 16.4. The summed E-state index contributed by atoms with van der Waals surface area (Å²) in [7, 11) is 0. The Labute approximate surface area is 155 Å². The van der Waals surface area contributed by atoms with Crippen LogP contribution in [0.15, 0.2) is 45.5 Å². The van der Waals surface area contributed by atoms with E-state index in [1.54, 1.807) is 25.1 Å². The number of oxazole rings is 1. The number of hydrogen-bond donors (Lipinski definition) is 1. The first-order valence-corrected chi connectivity index (χ1v) is 8.87. The number of imidazole rings is 1. The third kappa shape index (κ3) is 2.46. The number of carbonyl (C=O) groups excluding carboxylic acids is 1. The summed E-state index contributed by atoms with van der Waals surface area (Å²) >= 11 is 0. The number of carbonyl (C=O) groups is 1. The summed E-state index contributed by atoms with van der Waals surface area (Å²) in [5.74, 6) is 1.24. The van der Waals surface area contributed by atoms with Crippen molar-refractivity contribution < 1.29 is 13.6 Å². The molecule has 0 spiro atoms. The maximum atomic E-state index is 13.3. The third-order valence-corrected chi connectivity index (χ3v) is 5.00. The van der Waals surface area contributed by atoms with Crippen molar-refractivity contribution >= 4 is 16.9 Å². The maximum Gasteiger partial charge on any atom is 0.292 e. The molecule has 3 aromatic heterocycles. The number of nitrogens with one attached hydrogen (secondary N) is 1. The number of benzene rings is 1. The van der Waals surface area contributed by atoms with Gasteiger partial charge in [0.1, 0.15) is 17.4 Å². The van der Waals surface area contributed by atoms with Gasteiger partial charge in [0.05, 0.1) is 17.7 Å². The predicted octanol–water partition coefficient (Wildman–Crippen LogP) is 3.55. The van der Waals surface area contributed by atoms with Gasteiger partial charge in [-0.3, -0.25) is 4.79 Å². The quantitative estimate of drug-likeness (QED) is 0.589. The molecule has 0 unspecified atom stereocenters. The fourth-order valence-corrected chi connectivity index (χ4v) is 3.78. The Balaban J connectivity index is 1.64. The number of para-hydroxylation sites is 1. The molecule has 0 aliphatic carbocycles. The molecule has 0 bridgehead atoms. The summed E-state index contributed by atoms with van der Waals surface area (Å²) in [6.07, 6.45) is 2.36. The van der Waals surface area contributed by atoms with Crippen LogP contribution >= 0.6 is 0 Å². The second-order valence-corrected chi connectivity index (χ2v) is 6.75. The fraction of sp³-hybridized carbons (Fsp3) is 0.250. The van der Waals surface area contributed by atoms with Crippen LogP contribution in [0.5, 0.6) is 0 Å². The van der Waals surface area contributed by atoms with E-state index in [-0.39, 0.29) is 11.7 Å². The van der Waals surface area contributed by atoms with E-state index >= 15 is 0 Å². The molecule has 7 nitrogen and oxygen atoms in total. The molecule has 4 aromatic rings. The van der Waals surface area contributed by atoms with Crippen molar-refractivity contribution in [1.29, 1.82) is 0 Å². The molecule has 0 saturated heterocycles. The number of fused-ring (bicyclic) bond motifs is 2. The van der Waals surface area contributed by atoms with E-state index in [1.807, 2.05) is 30.3 Å².